The molecular weight excluding hydrogens is 228 g/mol. The first-order valence-corrected chi connectivity index (χ1v) is 6.52. The monoisotopic (exact) mass is 248 g/mol. The highest BCUT2D eigenvalue weighted by Gasteiger charge is 2.23. The minimum atomic E-state index is 0.176. The van der Waals surface area contributed by atoms with Gasteiger partial charge in [0.25, 0.3) is 0 Å². The smallest absolute Gasteiger partial charge is 0.166 e. The summed E-state index contributed by atoms with van der Waals surface area (Å²) in [4.78, 5) is 12.4. The van der Waals surface area contributed by atoms with Gasteiger partial charge >= 0.3 is 0 Å². The zero-order valence-corrected chi connectivity index (χ0v) is 11.1. The van der Waals surface area contributed by atoms with Crippen LogP contribution >= 0.6 is 0 Å². The highest BCUT2D eigenvalue weighted by molar-refractivity contribution is 5.98. The first-order valence-electron chi connectivity index (χ1n) is 6.52. The number of carbonyl (C=O) groups excluding carboxylic acids is 1. The van der Waals surface area contributed by atoms with Crippen LogP contribution in [0.3, 0.4) is 0 Å². The molecule has 0 radical (unpaired) electrons. The topological polar surface area (TPSA) is 35.5 Å². The molecule has 0 N–H and O–H groups in total. The van der Waals surface area contributed by atoms with Gasteiger partial charge in [-0.2, -0.15) is 0 Å². The van der Waals surface area contributed by atoms with Crippen LogP contribution in [-0.4, -0.2) is 20.0 Å². The van der Waals surface area contributed by atoms with Crippen molar-refractivity contribution < 1.29 is 14.3 Å². The number of methoxy groups -OCH3 is 2. The van der Waals surface area contributed by atoms with Crippen LogP contribution < -0.4 is 9.47 Å². The maximum absolute atomic E-state index is 12.4. The average Bonchev–Trinajstić information content (AvgIpc) is 2.46. The van der Waals surface area contributed by atoms with E-state index < -0.39 is 0 Å². The summed E-state index contributed by atoms with van der Waals surface area (Å²) in [6.45, 7) is 0. The number of rotatable bonds is 4. The van der Waals surface area contributed by atoms with Crippen molar-refractivity contribution >= 4 is 5.78 Å². The third kappa shape index (κ3) is 2.84. The molecule has 0 unspecified atom stereocenters. The molecule has 1 aromatic rings. The van der Waals surface area contributed by atoms with E-state index in [1.807, 2.05) is 0 Å². The van der Waals surface area contributed by atoms with E-state index in [0.29, 0.717) is 17.1 Å². The van der Waals surface area contributed by atoms with Gasteiger partial charge in [0, 0.05) is 17.5 Å². The molecule has 1 fully saturated rings. The molecule has 0 atom stereocenters. The molecule has 98 valence electrons. The predicted molar refractivity (Wildman–Crippen MR) is 70.5 cm³/mol. The SMILES string of the molecule is COc1cc(OC)cc(C(=O)C2CCCCC2)c1. The van der Waals surface area contributed by atoms with Crippen LogP contribution in [0.5, 0.6) is 11.5 Å². The van der Waals surface area contributed by atoms with Crippen LogP contribution in [0.2, 0.25) is 0 Å². The standard InChI is InChI=1S/C15H20O3/c1-17-13-8-12(9-14(10-13)18-2)15(16)11-6-4-3-5-7-11/h8-11H,3-7H2,1-2H3. The summed E-state index contributed by atoms with van der Waals surface area (Å²) in [5.41, 5.74) is 0.707. The Morgan fingerprint density at radius 2 is 1.56 bits per heavy atom. The number of Topliss-reactive ketones (excluding diaryl/α,β-unsaturated/α-hetero) is 1. The van der Waals surface area contributed by atoms with Gasteiger partial charge in [-0.25, -0.2) is 0 Å². The van der Waals surface area contributed by atoms with Gasteiger partial charge in [0.05, 0.1) is 14.2 Å². The van der Waals surface area contributed by atoms with E-state index >= 15 is 0 Å². The van der Waals surface area contributed by atoms with E-state index in [9.17, 15) is 4.79 Å². The largest absolute Gasteiger partial charge is 0.497 e. The number of hydrogen-bond acceptors (Lipinski definition) is 3. The number of carbonyl (C=O) groups is 1. The van der Waals surface area contributed by atoms with Gasteiger partial charge in [-0.15, -0.1) is 0 Å². The summed E-state index contributed by atoms with van der Waals surface area (Å²) in [5, 5.41) is 0. The summed E-state index contributed by atoms with van der Waals surface area (Å²) in [6, 6.07) is 5.40. The van der Waals surface area contributed by atoms with Crippen molar-refractivity contribution in [1.82, 2.24) is 0 Å². The molecule has 0 heterocycles. The van der Waals surface area contributed by atoms with Gasteiger partial charge in [0.2, 0.25) is 0 Å². The van der Waals surface area contributed by atoms with Crippen molar-refractivity contribution in [1.29, 1.82) is 0 Å². The number of ether oxygens (including phenoxy) is 2. The van der Waals surface area contributed by atoms with Crippen LogP contribution in [0.25, 0.3) is 0 Å². The lowest BCUT2D eigenvalue weighted by Crippen LogP contribution is -2.17. The van der Waals surface area contributed by atoms with Gasteiger partial charge in [0.15, 0.2) is 5.78 Å². The van der Waals surface area contributed by atoms with E-state index in [-0.39, 0.29) is 11.7 Å². The summed E-state index contributed by atoms with van der Waals surface area (Å²) < 4.78 is 10.4. The molecule has 18 heavy (non-hydrogen) atoms. The fraction of sp³-hybridized carbons (Fsp3) is 0.533. The Morgan fingerprint density at radius 3 is 2.06 bits per heavy atom. The summed E-state index contributed by atoms with van der Waals surface area (Å²) >= 11 is 0. The van der Waals surface area contributed by atoms with E-state index in [1.54, 1.807) is 32.4 Å². The second-order valence-corrected chi connectivity index (χ2v) is 4.80. The van der Waals surface area contributed by atoms with Crippen molar-refractivity contribution in [3.63, 3.8) is 0 Å². The van der Waals surface area contributed by atoms with Crippen molar-refractivity contribution in [2.24, 2.45) is 5.92 Å². The zero-order chi connectivity index (χ0) is 13.0. The lowest BCUT2D eigenvalue weighted by molar-refractivity contribution is 0.0889. The third-order valence-corrected chi connectivity index (χ3v) is 3.61. The predicted octanol–water partition coefficient (Wildman–Crippen LogP) is 3.47. The summed E-state index contributed by atoms with van der Waals surface area (Å²) in [5.74, 6) is 1.75. The summed E-state index contributed by atoms with van der Waals surface area (Å²) in [6.07, 6.45) is 5.61. The van der Waals surface area contributed by atoms with Gasteiger partial charge in [-0.3, -0.25) is 4.79 Å². The number of benzene rings is 1. The van der Waals surface area contributed by atoms with Gasteiger partial charge in [-0.1, -0.05) is 19.3 Å². The molecule has 1 aliphatic carbocycles. The first-order chi connectivity index (χ1) is 8.74. The van der Waals surface area contributed by atoms with Crippen LogP contribution in [0.4, 0.5) is 0 Å². The maximum Gasteiger partial charge on any atom is 0.166 e. The minimum absolute atomic E-state index is 0.176. The Labute approximate surface area is 108 Å². The maximum atomic E-state index is 12.4. The molecule has 0 saturated heterocycles. The molecule has 2 rings (SSSR count). The molecule has 1 saturated carbocycles. The molecule has 1 aliphatic rings. The molecule has 3 nitrogen and oxygen atoms in total. The average molecular weight is 248 g/mol. The molecular formula is C15H20O3. The highest BCUT2D eigenvalue weighted by atomic mass is 16.5. The number of hydrogen-bond donors (Lipinski definition) is 0. The van der Waals surface area contributed by atoms with Crippen molar-refractivity contribution in [2.45, 2.75) is 32.1 Å². The molecule has 3 heteroatoms. The van der Waals surface area contributed by atoms with Crippen LogP contribution in [0.1, 0.15) is 42.5 Å². The van der Waals surface area contributed by atoms with E-state index in [0.717, 1.165) is 25.7 Å². The lowest BCUT2D eigenvalue weighted by Gasteiger charge is -2.20. The molecule has 0 bridgehead atoms. The molecule has 0 aliphatic heterocycles. The molecule has 0 aromatic heterocycles. The second kappa shape index (κ2) is 5.89. The lowest BCUT2D eigenvalue weighted by atomic mass is 9.84. The zero-order valence-electron chi connectivity index (χ0n) is 11.1. The molecule has 0 spiro atoms. The van der Waals surface area contributed by atoms with Gasteiger partial charge in [-0.05, 0) is 25.0 Å². The normalized spacial score (nSPS) is 16.3. The Kier molecular flexibility index (Phi) is 4.24. The molecule has 0 amide bonds. The van der Waals surface area contributed by atoms with Crippen LogP contribution in [0, 0.1) is 5.92 Å². The van der Waals surface area contributed by atoms with Crippen molar-refractivity contribution in [3.8, 4) is 11.5 Å². The van der Waals surface area contributed by atoms with E-state index in [2.05, 4.69) is 0 Å². The Morgan fingerprint density at radius 1 is 1.00 bits per heavy atom. The second-order valence-electron chi connectivity index (χ2n) is 4.80. The first kappa shape index (κ1) is 12.9. The Bertz CT molecular complexity index is 397. The minimum Gasteiger partial charge on any atom is -0.497 e. The van der Waals surface area contributed by atoms with Gasteiger partial charge in [0.1, 0.15) is 11.5 Å². The van der Waals surface area contributed by atoms with Crippen molar-refractivity contribution in [2.75, 3.05) is 14.2 Å². The van der Waals surface area contributed by atoms with Crippen molar-refractivity contribution in [3.05, 3.63) is 23.8 Å². The van der Waals surface area contributed by atoms with E-state index in [1.165, 1.54) is 6.42 Å². The van der Waals surface area contributed by atoms with Crippen LogP contribution in [-0.2, 0) is 0 Å². The summed E-state index contributed by atoms with van der Waals surface area (Å²) in [7, 11) is 3.20. The third-order valence-electron chi connectivity index (χ3n) is 3.61. The number of ketones is 1. The van der Waals surface area contributed by atoms with Gasteiger partial charge < -0.3 is 9.47 Å². The quantitative estimate of drug-likeness (QED) is 0.765. The Balaban J connectivity index is 2.22. The Hall–Kier alpha value is -1.51. The van der Waals surface area contributed by atoms with E-state index in [4.69, 9.17) is 9.47 Å². The molecule has 1 aromatic carbocycles. The van der Waals surface area contributed by atoms with Crippen LogP contribution in [0.15, 0.2) is 18.2 Å². The fourth-order valence-corrected chi connectivity index (χ4v) is 2.55. The highest BCUT2D eigenvalue weighted by Crippen LogP contribution is 2.30. The fourth-order valence-electron chi connectivity index (χ4n) is 2.55.